The van der Waals surface area contributed by atoms with Gasteiger partial charge in [-0.05, 0) is 55.3 Å². The highest BCUT2D eigenvalue weighted by Gasteiger charge is 2.43. The van der Waals surface area contributed by atoms with Crippen LogP contribution < -0.4 is 14.9 Å². The number of furan rings is 1. The Kier molecular flexibility index (Phi) is 6.55. The lowest BCUT2D eigenvalue weighted by molar-refractivity contribution is 0.0701. The van der Waals surface area contributed by atoms with E-state index >= 15 is 0 Å². The maximum atomic E-state index is 13.8. The second-order valence-electron chi connectivity index (χ2n) is 9.05. The van der Waals surface area contributed by atoms with Gasteiger partial charge >= 0.3 is 0 Å². The second-order valence-corrected chi connectivity index (χ2v) is 9.05. The number of methoxy groups -OCH3 is 1. The number of benzene rings is 2. The quantitative estimate of drug-likeness (QED) is 0.269. The molecule has 1 amide bonds. The summed E-state index contributed by atoms with van der Waals surface area (Å²) in [6.07, 6.45) is 4.71. The van der Waals surface area contributed by atoms with E-state index in [0.717, 1.165) is 30.4 Å². The molecule has 0 saturated carbocycles. The summed E-state index contributed by atoms with van der Waals surface area (Å²) in [5.41, 5.74) is 2.17. The van der Waals surface area contributed by atoms with Gasteiger partial charge in [0.05, 0.1) is 43.5 Å². The number of amides is 1. The number of ether oxygens (including phenoxy) is 2. The van der Waals surface area contributed by atoms with Crippen molar-refractivity contribution in [3.8, 4) is 11.5 Å². The van der Waals surface area contributed by atoms with E-state index in [1.54, 1.807) is 42.5 Å². The van der Waals surface area contributed by atoms with Crippen LogP contribution in [0.25, 0.3) is 11.0 Å². The number of carbonyl (C=O) groups is 1. The Morgan fingerprint density at radius 2 is 1.89 bits per heavy atom. The van der Waals surface area contributed by atoms with E-state index in [4.69, 9.17) is 18.3 Å². The number of hydrogen-bond acceptors (Lipinski definition) is 6. The van der Waals surface area contributed by atoms with Crippen molar-refractivity contribution in [1.29, 1.82) is 0 Å². The molecular formula is C29H29NO6. The number of unbranched alkanes of at least 4 members (excludes halogenated alkanes) is 2. The Bertz CT molecular complexity index is 1450. The molecule has 0 bridgehead atoms. The molecule has 4 aromatic rings. The minimum Gasteiger partial charge on any atom is -0.493 e. The van der Waals surface area contributed by atoms with Gasteiger partial charge in [0, 0.05) is 0 Å². The first kappa shape index (κ1) is 23.7. The van der Waals surface area contributed by atoms with Crippen molar-refractivity contribution in [3.63, 3.8) is 0 Å². The lowest BCUT2D eigenvalue weighted by atomic mass is 9.97. The zero-order valence-corrected chi connectivity index (χ0v) is 20.7. The highest BCUT2D eigenvalue weighted by Crippen LogP contribution is 2.41. The standard InChI is InChI=1S/C29H29NO6/c1-4-5-6-13-35-23-12-10-19(16-24(23)33-3)26-25-27(31)21-15-18(2)9-11-22(21)36-28(25)29(32)30(26)17-20-8-7-14-34-20/h7-12,14-16,26H,4-6,13,17H2,1-3H3. The minimum atomic E-state index is -0.665. The van der Waals surface area contributed by atoms with Crippen molar-refractivity contribution >= 4 is 16.9 Å². The van der Waals surface area contributed by atoms with Crippen LogP contribution in [0.3, 0.4) is 0 Å². The van der Waals surface area contributed by atoms with Crippen LogP contribution in [0.5, 0.6) is 11.5 Å². The average Bonchev–Trinajstić information content (AvgIpc) is 3.49. The monoisotopic (exact) mass is 487 g/mol. The van der Waals surface area contributed by atoms with Gasteiger partial charge in [0.1, 0.15) is 11.3 Å². The largest absolute Gasteiger partial charge is 0.493 e. The summed E-state index contributed by atoms with van der Waals surface area (Å²) in [5, 5.41) is 0.453. The summed E-state index contributed by atoms with van der Waals surface area (Å²) in [6, 6.07) is 13.8. The number of nitrogens with zero attached hydrogens (tertiary/aromatic N) is 1. The molecule has 0 radical (unpaired) electrons. The summed E-state index contributed by atoms with van der Waals surface area (Å²) >= 11 is 0. The van der Waals surface area contributed by atoms with Gasteiger partial charge in [-0.15, -0.1) is 0 Å². The fourth-order valence-corrected chi connectivity index (χ4v) is 4.72. The molecule has 7 nitrogen and oxygen atoms in total. The second kappa shape index (κ2) is 9.93. The van der Waals surface area contributed by atoms with E-state index in [1.165, 1.54) is 0 Å². The van der Waals surface area contributed by atoms with Gasteiger partial charge in [-0.3, -0.25) is 9.59 Å². The predicted octanol–water partition coefficient (Wildman–Crippen LogP) is 6.02. The zero-order valence-electron chi connectivity index (χ0n) is 20.7. The van der Waals surface area contributed by atoms with Gasteiger partial charge in [0.25, 0.3) is 5.91 Å². The van der Waals surface area contributed by atoms with Gasteiger partial charge in [0.15, 0.2) is 16.9 Å². The van der Waals surface area contributed by atoms with Crippen LogP contribution in [-0.4, -0.2) is 24.5 Å². The Morgan fingerprint density at radius 1 is 1.03 bits per heavy atom. The molecule has 2 aromatic carbocycles. The average molecular weight is 488 g/mol. The van der Waals surface area contributed by atoms with Crippen LogP contribution in [-0.2, 0) is 6.54 Å². The van der Waals surface area contributed by atoms with E-state index < -0.39 is 6.04 Å². The smallest absolute Gasteiger partial charge is 0.291 e. The third-order valence-electron chi connectivity index (χ3n) is 6.54. The molecule has 3 heterocycles. The summed E-state index contributed by atoms with van der Waals surface area (Å²) in [7, 11) is 1.58. The summed E-state index contributed by atoms with van der Waals surface area (Å²) < 4.78 is 23.1. The van der Waals surface area contributed by atoms with Crippen LogP contribution in [0.4, 0.5) is 0 Å². The molecule has 1 atom stereocenters. The molecule has 1 unspecified atom stereocenters. The van der Waals surface area contributed by atoms with Crippen molar-refractivity contribution < 1.29 is 23.1 Å². The molecule has 5 rings (SSSR count). The van der Waals surface area contributed by atoms with Gasteiger partial charge in [0.2, 0.25) is 5.76 Å². The SMILES string of the molecule is CCCCCOc1ccc(C2c3c(oc4ccc(C)cc4c3=O)C(=O)N2Cc2ccco2)cc1OC. The molecule has 1 aliphatic heterocycles. The first-order valence-electron chi connectivity index (χ1n) is 12.2. The Balaban J connectivity index is 1.62. The van der Waals surface area contributed by atoms with Crippen molar-refractivity contribution in [2.24, 2.45) is 0 Å². The van der Waals surface area contributed by atoms with Crippen molar-refractivity contribution in [3.05, 3.63) is 93.2 Å². The normalized spacial score (nSPS) is 14.9. The molecule has 7 heteroatoms. The summed E-state index contributed by atoms with van der Waals surface area (Å²) in [5.74, 6) is 1.48. The molecular weight excluding hydrogens is 458 g/mol. The van der Waals surface area contributed by atoms with E-state index in [9.17, 15) is 9.59 Å². The molecule has 0 spiro atoms. The van der Waals surface area contributed by atoms with Crippen LogP contribution in [0.15, 0.2) is 68.4 Å². The molecule has 0 fully saturated rings. The molecule has 0 N–H and O–H groups in total. The summed E-state index contributed by atoms with van der Waals surface area (Å²) in [4.78, 5) is 29.0. The number of aryl methyl sites for hydroxylation is 1. The Labute approximate surface area is 209 Å². The Hall–Kier alpha value is -4.00. The van der Waals surface area contributed by atoms with Gasteiger partial charge in [-0.2, -0.15) is 0 Å². The predicted molar refractivity (Wildman–Crippen MR) is 136 cm³/mol. The fraction of sp³-hybridized carbons (Fsp3) is 0.310. The van der Waals surface area contributed by atoms with E-state index in [1.807, 2.05) is 31.2 Å². The van der Waals surface area contributed by atoms with Crippen LogP contribution in [0, 0.1) is 6.92 Å². The van der Waals surface area contributed by atoms with Gasteiger partial charge in [-0.1, -0.05) is 37.5 Å². The zero-order chi connectivity index (χ0) is 25.2. The van der Waals surface area contributed by atoms with E-state index in [2.05, 4.69) is 6.92 Å². The first-order chi connectivity index (χ1) is 17.5. The third kappa shape index (κ3) is 4.26. The topological polar surface area (TPSA) is 82.1 Å². The van der Waals surface area contributed by atoms with Gasteiger partial charge < -0.3 is 23.2 Å². The lowest BCUT2D eigenvalue weighted by Crippen LogP contribution is -2.29. The van der Waals surface area contributed by atoms with Crippen molar-refractivity contribution in [2.75, 3.05) is 13.7 Å². The number of fused-ring (bicyclic) bond motifs is 2. The lowest BCUT2D eigenvalue weighted by Gasteiger charge is -2.25. The van der Waals surface area contributed by atoms with E-state index in [0.29, 0.717) is 40.4 Å². The number of carbonyl (C=O) groups excluding carboxylic acids is 1. The highest BCUT2D eigenvalue weighted by atomic mass is 16.5. The third-order valence-corrected chi connectivity index (χ3v) is 6.54. The molecule has 2 aromatic heterocycles. The maximum Gasteiger partial charge on any atom is 0.291 e. The molecule has 0 saturated heterocycles. The number of rotatable bonds is 9. The molecule has 186 valence electrons. The van der Waals surface area contributed by atoms with Crippen molar-refractivity contribution in [2.45, 2.75) is 45.7 Å². The molecule has 1 aliphatic rings. The minimum absolute atomic E-state index is 0.0618. The molecule has 36 heavy (non-hydrogen) atoms. The van der Waals surface area contributed by atoms with Crippen LogP contribution >= 0.6 is 0 Å². The van der Waals surface area contributed by atoms with E-state index in [-0.39, 0.29) is 23.6 Å². The Morgan fingerprint density at radius 3 is 2.64 bits per heavy atom. The van der Waals surface area contributed by atoms with Crippen LogP contribution in [0.1, 0.15) is 65.2 Å². The van der Waals surface area contributed by atoms with Gasteiger partial charge in [-0.25, -0.2) is 0 Å². The first-order valence-corrected chi connectivity index (χ1v) is 12.2. The van der Waals surface area contributed by atoms with Crippen LogP contribution in [0.2, 0.25) is 0 Å². The maximum absolute atomic E-state index is 13.8. The molecule has 0 aliphatic carbocycles. The highest BCUT2D eigenvalue weighted by molar-refractivity contribution is 5.99. The summed E-state index contributed by atoms with van der Waals surface area (Å²) in [6.45, 7) is 4.84. The number of hydrogen-bond donors (Lipinski definition) is 0. The van der Waals surface area contributed by atoms with Crippen molar-refractivity contribution in [1.82, 2.24) is 4.90 Å². The fourth-order valence-electron chi connectivity index (χ4n) is 4.72.